The maximum Gasteiger partial charge on any atom is 0.130 e. The molecule has 0 amide bonds. The summed E-state index contributed by atoms with van der Waals surface area (Å²) < 4.78 is 0. The molecule has 5 aromatic rings. The Kier molecular flexibility index (Phi) is 7.60. The van der Waals surface area contributed by atoms with Crippen molar-refractivity contribution in [2.45, 2.75) is 62.1 Å². The van der Waals surface area contributed by atoms with Crippen molar-refractivity contribution in [1.82, 2.24) is 5.32 Å². The van der Waals surface area contributed by atoms with Gasteiger partial charge in [0.2, 0.25) is 0 Å². The topological polar surface area (TPSA) is 24.4 Å². The first-order valence-electron chi connectivity index (χ1n) is 20.9. The fraction of sp³-hybridized carbons (Fsp3) is 0.218. The molecule has 1 aliphatic heterocycles. The number of hydrogen-bond donors (Lipinski definition) is 1. The number of aliphatic imine (C=N–C) groups is 1. The highest BCUT2D eigenvalue weighted by molar-refractivity contribution is 6.01. The van der Waals surface area contributed by atoms with Crippen LogP contribution < -0.4 is 5.32 Å². The van der Waals surface area contributed by atoms with Crippen molar-refractivity contribution in [1.29, 1.82) is 0 Å². The summed E-state index contributed by atoms with van der Waals surface area (Å²) >= 11 is 0. The molecule has 5 aliphatic carbocycles. The summed E-state index contributed by atoms with van der Waals surface area (Å²) in [6, 6.07) is 48.2. The van der Waals surface area contributed by atoms with Crippen molar-refractivity contribution in [3.63, 3.8) is 0 Å². The lowest BCUT2D eigenvalue weighted by Crippen LogP contribution is -2.62. The zero-order valence-electron chi connectivity index (χ0n) is 33.0. The van der Waals surface area contributed by atoms with E-state index in [4.69, 9.17) is 4.99 Å². The molecular formula is C55H48N2. The Morgan fingerprint density at radius 3 is 2.02 bits per heavy atom. The van der Waals surface area contributed by atoms with Gasteiger partial charge < -0.3 is 0 Å². The lowest BCUT2D eigenvalue weighted by Gasteiger charge is -2.53. The van der Waals surface area contributed by atoms with E-state index in [9.17, 15) is 0 Å². The van der Waals surface area contributed by atoms with E-state index in [0.29, 0.717) is 0 Å². The molecular weight excluding hydrogens is 689 g/mol. The van der Waals surface area contributed by atoms with Crippen molar-refractivity contribution in [3.8, 4) is 11.1 Å². The number of nitrogens with zero attached hydrogens (tertiary/aromatic N) is 1. The molecule has 11 rings (SSSR count). The zero-order valence-corrected chi connectivity index (χ0v) is 33.0. The van der Waals surface area contributed by atoms with E-state index < -0.39 is 16.5 Å². The average molecular weight is 737 g/mol. The molecule has 0 saturated heterocycles. The van der Waals surface area contributed by atoms with E-state index in [0.717, 1.165) is 25.0 Å². The lowest BCUT2D eigenvalue weighted by atomic mass is 9.49. The van der Waals surface area contributed by atoms with Crippen LogP contribution in [-0.2, 0) is 16.4 Å². The first kappa shape index (κ1) is 34.4. The van der Waals surface area contributed by atoms with Gasteiger partial charge in [0.1, 0.15) is 5.66 Å². The van der Waals surface area contributed by atoms with E-state index in [-0.39, 0.29) is 17.4 Å². The van der Waals surface area contributed by atoms with Gasteiger partial charge in [-0.1, -0.05) is 183 Å². The monoisotopic (exact) mass is 736 g/mol. The van der Waals surface area contributed by atoms with Gasteiger partial charge in [0.15, 0.2) is 0 Å². The first-order valence-corrected chi connectivity index (χ1v) is 20.9. The largest absolute Gasteiger partial charge is 0.280 e. The van der Waals surface area contributed by atoms with Crippen LogP contribution in [0.25, 0.3) is 11.1 Å². The Bertz CT molecular complexity index is 2690. The summed E-state index contributed by atoms with van der Waals surface area (Å²) in [5.41, 5.74) is 15.8. The third-order valence-electron chi connectivity index (χ3n) is 14.3. The van der Waals surface area contributed by atoms with Crippen LogP contribution in [-0.4, -0.2) is 11.4 Å². The number of benzene rings is 5. The second-order valence-electron chi connectivity index (χ2n) is 17.3. The molecule has 0 fully saturated rings. The van der Waals surface area contributed by atoms with Gasteiger partial charge in [0.05, 0.1) is 16.4 Å². The predicted octanol–water partition coefficient (Wildman–Crippen LogP) is 12.2. The van der Waals surface area contributed by atoms with E-state index >= 15 is 0 Å². The molecule has 6 aliphatic rings. The molecule has 2 nitrogen and oxygen atoms in total. The van der Waals surface area contributed by atoms with E-state index in [1.807, 2.05) is 0 Å². The van der Waals surface area contributed by atoms with Crippen LogP contribution in [0.5, 0.6) is 0 Å². The zero-order chi connectivity index (χ0) is 38.4. The van der Waals surface area contributed by atoms with Crippen molar-refractivity contribution in [2.75, 3.05) is 0 Å². The number of rotatable bonds is 5. The maximum absolute atomic E-state index is 5.57. The number of nitrogens with one attached hydrogen (secondary N) is 1. The summed E-state index contributed by atoms with van der Waals surface area (Å²) in [5.74, 6) is 0.366. The maximum atomic E-state index is 5.57. The van der Waals surface area contributed by atoms with Crippen LogP contribution in [0.1, 0.15) is 79.0 Å². The molecule has 57 heavy (non-hydrogen) atoms. The molecule has 1 N–H and O–H groups in total. The highest BCUT2D eigenvalue weighted by Gasteiger charge is 2.59. The highest BCUT2D eigenvalue weighted by atomic mass is 15.2. The average Bonchev–Trinajstić information content (AvgIpc) is 3.57. The number of fused-ring (bicyclic) bond motifs is 6. The summed E-state index contributed by atoms with van der Waals surface area (Å²) in [6.45, 7) is 7.11. The smallest absolute Gasteiger partial charge is 0.130 e. The van der Waals surface area contributed by atoms with Gasteiger partial charge >= 0.3 is 0 Å². The molecule has 0 saturated carbocycles. The standard InChI is InChI=1S/C55H48N2/c1-37-36-41(53(3)56-50-33-18-17-31-48(50)52(2,57-53)38-20-7-4-8-21-38)34-35-44(37)54(39-22-9-5-10-23-39)46-29-15-16-30-47(46)55(40-24-11-6-12-25-40)45-28-14-13-26-42(45)43-27-19-32-49(54)51(43)55/h4-5,7-11,13-35,37,48,57H,6,12,36H2,1-3H3/t37-,48?,52?,53?,54?,55?/m0/s1. The minimum Gasteiger partial charge on any atom is -0.280 e. The van der Waals surface area contributed by atoms with Crippen LogP contribution in [0.3, 0.4) is 0 Å². The van der Waals surface area contributed by atoms with Crippen molar-refractivity contribution >= 4 is 5.71 Å². The quantitative estimate of drug-likeness (QED) is 0.191. The molecule has 278 valence electrons. The molecule has 1 heterocycles. The van der Waals surface area contributed by atoms with Crippen molar-refractivity contribution in [2.24, 2.45) is 16.8 Å². The Labute approximate surface area is 337 Å². The SMILES string of the molecule is C[C@H]1CC(C2(C)N=C3C=CC=CC3C(C)(c3ccccc3)N2)=CC=C1C1(c2ccccc2)c2ccccc2C2(C3=CCCC=C3)c3ccccc3-c3cccc1c32. The molecule has 0 bridgehead atoms. The van der Waals surface area contributed by atoms with Gasteiger partial charge in [-0.2, -0.15) is 0 Å². The van der Waals surface area contributed by atoms with Crippen LogP contribution >= 0.6 is 0 Å². The number of hydrogen-bond acceptors (Lipinski definition) is 2. The molecule has 5 aromatic carbocycles. The van der Waals surface area contributed by atoms with Crippen LogP contribution in [0, 0.1) is 11.8 Å². The molecule has 0 radical (unpaired) electrons. The molecule has 0 aromatic heterocycles. The Morgan fingerprint density at radius 1 is 0.614 bits per heavy atom. The van der Waals surface area contributed by atoms with Gasteiger partial charge in [-0.3, -0.25) is 10.3 Å². The Morgan fingerprint density at radius 2 is 1.28 bits per heavy atom. The molecule has 6 atom stereocenters. The van der Waals surface area contributed by atoms with E-state index in [1.165, 1.54) is 66.8 Å². The summed E-state index contributed by atoms with van der Waals surface area (Å²) in [6.07, 6.45) is 24.2. The summed E-state index contributed by atoms with van der Waals surface area (Å²) in [5, 5.41) is 4.17. The van der Waals surface area contributed by atoms with E-state index in [2.05, 4.69) is 208 Å². The Balaban J connectivity index is 1.17. The number of allylic oxidation sites excluding steroid dienone is 10. The lowest BCUT2D eigenvalue weighted by molar-refractivity contribution is 0.218. The third-order valence-corrected chi connectivity index (χ3v) is 14.3. The molecule has 5 unspecified atom stereocenters. The summed E-state index contributed by atoms with van der Waals surface area (Å²) in [4.78, 5) is 5.57. The van der Waals surface area contributed by atoms with Gasteiger partial charge in [-0.15, -0.1) is 0 Å². The second kappa shape index (κ2) is 12.6. The fourth-order valence-electron chi connectivity index (χ4n) is 12.0. The van der Waals surface area contributed by atoms with Crippen LogP contribution in [0.2, 0.25) is 0 Å². The van der Waals surface area contributed by atoms with E-state index in [1.54, 1.807) is 0 Å². The summed E-state index contributed by atoms with van der Waals surface area (Å²) in [7, 11) is 0. The van der Waals surface area contributed by atoms with Crippen LogP contribution in [0.15, 0.2) is 204 Å². The van der Waals surface area contributed by atoms with Crippen molar-refractivity contribution in [3.05, 3.63) is 238 Å². The van der Waals surface area contributed by atoms with Crippen molar-refractivity contribution < 1.29 is 0 Å². The second-order valence-corrected chi connectivity index (χ2v) is 17.3. The minimum absolute atomic E-state index is 0.143. The normalized spacial score (nSPS) is 30.2. The van der Waals surface area contributed by atoms with Gasteiger partial charge in [0, 0.05) is 11.6 Å². The minimum atomic E-state index is -0.586. The fourth-order valence-corrected chi connectivity index (χ4v) is 12.0. The van der Waals surface area contributed by atoms with Crippen LogP contribution in [0.4, 0.5) is 0 Å². The molecule has 2 heteroatoms. The van der Waals surface area contributed by atoms with Gasteiger partial charge in [-0.05, 0) is 112 Å². The van der Waals surface area contributed by atoms with Gasteiger partial charge in [-0.25, -0.2) is 0 Å². The Hall–Kier alpha value is -5.83. The third kappa shape index (κ3) is 4.59. The molecule has 0 spiro atoms. The first-order chi connectivity index (χ1) is 27.9. The predicted molar refractivity (Wildman–Crippen MR) is 235 cm³/mol. The highest BCUT2D eigenvalue weighted by Crippen LogP contribution is 2.67. The van der Waals surface area contributed by atoms with Gasteiger partial charge in [0.25, 0.3) is 0 Å².